The lowest BCUT2D eigenvalue weighted by molar-refractivity contribution is -0.137. The monoisotopic (exact) mass is 466 g/mol. The number of fused-ring (bicyclic) bond motifs is 1. The predicted octanol–water partition coefficient (Wildman–Crippen LogP) is 4.86. The van der Waals surface area contributed by atoms with Gasteiger partial charge in [-0.1, -0.05) is 18.2 Å². The molecule has 0 bridgehead atoms. The van der Waals surface area contributed by atoms with Crippen LogP contribution in [0.4, 0.5) is 18.9 Å². The first-order valence-electron chi connectivity index (χ1n) is 10.7. The van der Waals surface area contributed by atoms with E-state index in [4.69, 9.17) is 10.2 Å². The predicted molar refractivity (Wildman–Crippen MR) is 122 cm³/mol. The summed E-state index contributed by atoms with van der Waals surface area (Å²) in [6, 6.07) is 15.7. The molecule has 0 atom stereocenters. The highest BCUT2D eigenvalue weighted by Gasteiger charge is 2.34. The standard InChI is InChI=1S/C25H21F3N4O2/c26-25(27,28)20-4-2-1-3-18(20)22-10-9-17(34-22)13-32-12-11-21-19(14-32)24(33)31-23(30-21)15-5-7-16(29)8-6-15/h1-10H,11-14,29H2,(H,30,31,33). The topological polar surface area (TPSA) is 88.1 Å². The zero-order valence-electron chi connectivity index (χ0n) is 18.0. The number of nitrogens with two attached hydrogens (primary N) is 1. The summed E-state index contributed by atoms with van der Waals surface area (Å²) in [4.78, 5) is 22.3. The number of aromatic amines is 1. The van der Waals surface area contributed by atoms with Gasteiger partial charge < -0.3 is 15.1 Å². The number of alkyl halides is 3. The number of nitrogens with zero attached hydrogens (tertiary/aromatic N) is 2. The molecule has 3 N–H and O–H groups in total. The first kappa shape index (κ1) is 22.0. The molecule has 2 aromatic heterocycles. The fourth-order valence-corrected chi connectivity index (χ4v) is 4.17. The maximum Gasteiger partial charge on any atom is 0.417 e. The second kappa shape index (κ2) is 8.49. The molecule has 2 aromatic carbocycles. The van der Waals surface area contributed by atoms with Crippen molar-refractivity contribution in [2.45, 2.75) is 25.7 Å². The number of nitrogens with one attached hydrogen (secondary N) is 1. The Labute approximate surface area is 192 Å². The Morgan fingerprint density at radius 2 is 1.82 bits per heavy atom. The second-order valence-electron chi connectivity index (χ2n) is 8.23. The number of furan rings is 1. The number of rotatable bonds is 4. The molecule has 0 unspecified atom stereocenters. The lowest BCUT2D eigenvalue weighted by atomic mass is 10.1. The lowest BCUT2D eigenvalue weighted by Crippen LogP contribution is -2.35. The maximum atomic E-state index is 13.4. The molecular formula is C25H21F3N4O2. The van der Waals surface area contributed by atoms with Gasteiger partial charge in [0.2, 0.25) is 0 Å². The fourth-order valence-electron chi connectivity index (χ4n) is 4.17. The molecule has 0 amide bonds. The normalized spacial score (nSPS) is 14.2. The first-order valence-corrected chi connectivity index (χ1v) is 10.7. The smallest absolute Gasteiger partial charge is 0.417 e. The fraction of sp³-hybridized carbons (Fsp3) is 0.200. The minimum atomic E-state index is -4.47. The van der Waals surface area contributed by atoms with Gasteiger partial charge in [-0.3, -0.25) is 9.69 Å². The highest BCUT2D eigenvalue weighted by Crippen LogP contribution is 2.37. The van der Waals surface area contributed by atoms with Crippen molar-refractivity contribution in [2.75, 3.05) is 12.3 Å². The summed E-state index contributed by atoms with van der Waals surface area (Å²) >= 11 is 0. The van der Waals surface area contributed by atoms with Crippen LogP contribution in [0.1, 0.15) is 22.6 Å². The molecule has 0 fully saturated rings. The van der Waals surface area contributed by atoms with Crippen LogP contribution in [0.15, 0.2) is 69.9 Å². The Morgan fingerprint density at radius 1 is 1.06 bits per heavy atom. The van der Waals surface area contributed by atoms with E-state index < -0.39 is 11.7 Å². The van der Waals surface area contributed by atoms with Crippen molar-refractivity contribution in [2.24, 2.45) is 0 Å². The Morgan fingerprint density at radius 3 is 2.59 bits per heavy atom. The van der Waals surface area contributed by atoms with E-state index in [0.717, 1.165) is 17.3 Å². The van der Waals surface area contributed by atoms with Crippen LogP contribution in [0.5, 0.6) is 0 Å². The Bertz CT molecular complexity index is 1390. The van der Waals surface area contributed by atoms with Crippen LogP contribution in [-0.4, -0.2) is 21.4 Å². The minimum absolute atomic E-state index is 0.00100. The van der Waals surface area contributed by atoms with Crippen molar-refractivity contribution in [3.05, 3.63) is 93.6 Å². The van der Waals surface area contributed by atoms with Crippen LogP contribution in [0.3, 0.4) is 0 Å². The third kappa shape index (κ3) is 4.34. The summed E-state index contributed by atoms with van der Waals surface area (Å²) < 4.78 is 45.8. The van der Waals surface area contributed by atoms with Crippen molar-refractivity contribution in [1.29, 1.82) is 0 Å². The van der Waals surface area contributed by atoms with Crippen LogP contribution in [0.2, 0.25) is 0 Å². The molecule has 0 spiro atoms. The number of H-pyrrole nitrogens is 1. The van der Waals surface area contributed by atoms with Gasteiger partial charge in [0, 0.05) is 36.3 Å². The largest absolute Gasteiger partial charge is 0.460 e. The van der Waals surface area contributed by atoms with Gasteiger partial charge in [-0.25, -0.2) is 4.98 Å². The average Bonchev–Trinajstić information content (AvgIpc) is 3.28. The summed E-state index contributed by atoms with van der Waals surface area (Å²) in [5.41, 5.74) is 7.51. The van der Waals surface area contributed by atoms with E-state index in [1.54, 1.807) is 42.5 Å². The Kier molecular flexibility index (Phi) is 5.49. The van der Waals surface area contributed by atoms with Crippen LogP contribution in [0, 0.1) is 0 Å². The summed E-state index contributed by atoms with van der Waals surface area (Å²) in [5.74, 6) is 1.18. The van der Waals surface area contributed by atoms with Crippen molar-refractivity contribution >= 4 is 5.69 Å². The third-order valence-corrected chi connectivity index (χ3v) is 5.87. The van der Waals surface area contributed by atoms with E-state index in [1.165, 1.54) is 12.1 Å². The van der Waals surface area contributed by atoms with Crippen LogP contribution in [-0.2, 0) is 25.7 Å². The van der Waals surface area contributed by atoms with Crippen molar-refractivity contribution < 1.29 is 17.6 Å². The van der Waals surface area contributed by atoms with Crippen LogP contribution >= 0.6 is 0 Å². The molecule has 6 nitrogen and oxygen atoms in total. The van der Waals surface area contributed by atoms with Crippen LogP contribution < -0.4 is 11.3 Å². The van der Waals surface area contributed by atoms with Crippen molar-refractivity contribution in [1.82, 2.24) is 14.9 Å². The Hall–Kier alpha value is -3.85. The number of aromatic nitrogens is 2. The zero-order chi connectivity index (χ0) is 23.9. The number of hydrogen-bond acceptors (Lipinski definition) is 5. The van der Waals surface area contributed by atoms with E-state index >= 15 is 0 Å². The molecule has 4 aromatic rings. The van der Waals surface area contributed by atoms with Gasteiger partial charge in [-0.15, -0.1) is 0 Å². The molecule has 1 aliphatic rings. The molecule has 0 radical (unpaired) electrons. The van der Waals surface area contributed by atoms with Gasteiger partial charge in [0.05, 0.1) is 23.4 Å². The molecule has 0 aliphatic carbocycles. The molecule has 5 rings (SSSR count). The number of anilines is 1. The van der Waals surface area contributed by atoms with E-state index in [2.05, 4.69) is 9.97 Å². The molecule has 9 heteroatoms. The molecule has 0 saturated heterocycles. The van der Waals surface area contributed by atoms with E-state index in [0.29, 0.717) is 48.9 Å². The zero-order valence-corrected chi connectivity index (χ0v) is 18.0. The van der Waals surface area contributed by atoms with E-state index in [9.17, 15) is 18.0 Å². The van der Waals surface area contributed by atoms with Gasteiger partial charge in [-0.2, -0.15) is 13.2 Å². The summed E-state index contributed by atoms with van der Waals surface area (Å²) in [6.45, 7) is 1.38. The van der Waals surface area contributed by atoms with Crippen molar-refractivity contribution in [3.63, 3.8) is 0 Å². The summed E-state index contributed by atoms with van der Waals surface area (Å²) in [5, 5.41) is 0. The summed E-state index contributed by atoms with van der Waals surface area (Å²) in [6.07, 6.45) is -3.90. The van der Waals surface area contributed by atoms with Gasteiger partial charge in [0.1, 0.15) is 17.3 Å². The maximum absolute atomic E-state index is 13.4. The number of hydrogen-bond donors (Lipinski definition) is 2. The molecular weight excluding hydrogens is 445 g/mol. The Balaban J connectivity index is 1.34. The molecule has 0 saturated carbocycles. The number of benzene rings is 2. The third-order valence-electron chi connectivity index (χ3n) is 5.87. The highest BCUT2D eigenvalue weighted by atomic mass is 19.4. The molecule has 3 heterocycles. The van der Waals surface area contributed by atoms with Crippen LogP contribution in [0.25, 0.3) is 22.7 Å². The summed E-state index contributed by atoms with van der Waals surface area (Å²) in [7, 11) is 0. The quantitative estimate of drug-likeness (QED) is 0.420. The van der Waals surface area contributed by atoms with Crippen molar-refractivity contribution in [3.8, 4) is 22.7 Å². The molecule has 1 aliphatic heterocycles. The average molecular weight is 466 g/mol. The number of halogens is 3. The van der Waals surface area contributed by atoms with E-state index in [-0.39, 0.29) is 16.9 Å². The van der Waals surface area contributed by atoms with Gasteiger partial charge in [-0.05, 0) is 42.5 Å². The second-order valence-corrected chi connectivity index (χ2v) is 8.23. The molecule has 34 heavy (non-hydrogen) atoms. The van der Waals surface area contributed by atoms with Gasteiger partial charge in [0.25, 0.3) is 5.56 Å². The highest BCUT2D eigenvalue weighted by molar-refractivity contribution is 5.63. The van der Waals surface area contributed by atoms with Gasteiger partial charge >= 0.3 is 6.18 Å². The SMILES string of the molecule is Nc1ccc(-c2nc3c(c(=O)[nH]2)CN(Cc2ccc(-c4ccccc4C(F)(F)F)o2)CC3)cc1. The first-order chi connectivity index (χ1) is 16.3. The number of nitrogen functional groups attached to an aromatic ring is 1. The van der Waals surface area contributed by atoms with E-state index in [1.807, 2.05) is 4.90 Å². The molecule has 174 valence electrons. The minimum Gasteiger partial charge on any atom is -0.460 e. The van der Waals surface area contributed by atoms with Gasteiger partial charge in [0.15, 0.2) is 0 Å². The lowest BCUT2D eigenvalue weighted by Gasteiger charge is -2.26.